The maximum absolute atomic E-state index is 12.9. The third-order valence-electron chi connectivity index (χ3n) is 15.0. The molecular weight excluding hydrogens is 1010 g/mol. The van der Waals surface area contributed by atoms with Crippen molar-refractivity contribution in [2.75, 3.05) is 13.2 Å². The van der Waals surface area contributed by atoms with E-state index in [1.165, 1.54) is 173 Å². The monoisotopic (exact) mass is 1140 g/mol. The van der Waals surface area contributed by atoms with Crippen LogP contribution in [0.15, 0.2) is 109 Å². The zero-order valence-electron chi connectivity index (χ0n) is 54.0. The number of esters is 3. The second-order valence-electron chi connectivity index (χ2n) is 23.1. The van der Waals surface area contributed by atoms with Crippen molar-refractivity contribution in [1.82, 2.24) is 0 Å². The number of unbranched alkanes of at least 4 members (excludes halogenated alkanes) is 34. The largest absolute Gasteiger partial charge is 0.462 e. The van der Waals surface area contributed by atoms with Crippen molar-refractivity contribution in [1.29, 1.82) is 0 Å². The van der Waals surface area contributed by atoms with E-state index >= 15 is 0 Å². The van der Waals surface area contributed by atoms with Crippen molar-refractivity contribution in [3.8, 4) is 0 Å². The topological polar surface area (TPSA) is 78.9 Å². The molecule has 82 heavy (non-hydrogen) atoms. The second-order valence-corrected chi connectivity index (χ2v) is 23.1. The maximum Gasteiger partial charge on any atom is 0.306 e. The average Bonchev–Trinajstić information content (AvgIpc) is 3.47. The molecule has 1 unspecified atom stereocenters. The number of hydrogen-bond acceptors (Lipinski definition) is 6. The van der Waals surface area contributed by atoms with Gasteiger partial charge in [-0.1, -0.05) is 297 Å². The fourth-order valence-electron chi connectivity index (χ4n) is 9.77. The van der Waals surface area contributed by atoms with Gasteiger partial charge in [-0.3, -0.25) is 14.4 Å². The summed E-state index contributed by atoms with van der Waals surface area (Å²) in [6.07, 6.45) is 95.3. The summed E-state index contributed by atoms with van der Waals surface area (Å²) >= 11 is 0. The Kier molecular flexibility index (Phi) is 66.2. The molecule has 0 radical (unpaired) electrons. The molecule has 0 aliphatic carbocycles. The van der Waals surface area contributed by atoms with E-state index in [2.05, 4.69) is 130 Å². The Morgan fingerprint density at radius 2 is 0.476 bits per heavy atom. The maximum atomic E-state index is 12.9. The van der Waals surface area contributed by atoms with Crippen LogP contribution in [0.25, 0.3) is 0 Å². The van der Waals surface area contributed by atoms with Crippen molar-refractivity contribution in [2.45, 2.75) is 341 Å². The molecule has 0 aliphatic heterocycles. The molecule has 0 aliphatic rings. The highest BCUT2D eigenvalue weighted by molar-refractivity contribution is 5.71. The van der Waals surface area contributed by atoms with Crippen LogP contribution in [0.2, 0.25) is 0 Å². The van der Waals surface area contributed by atoms with Crippen LogP contribution < -0.4 is 0 Å². The SMILES string of the molecule is CC/C=C\C/C=C\C/C=C\C/C=C\C/C=C\CCCCCCCCCCCCCCCC(=O)OCC(COC(=O)CCCCCCC/C=C\CCCCCCC)OC(=O)CCCCCCCC/C=C\C/C=C\C/C=C\CCCCCCC. The van der Waals surface area contributed by atoms with Crippen molar-refractivity contribution < 1.29 is 28.6 Å². The molecule has 0 rings (SSSR count). The lowest BCUT2D eigenvalue weighted by molar-refractivity contribution is -0.167. The van der Waals surface area contributed by atoms with Crippen LogP contribution in [-0.4, -0.2) is 37.2 Å². The summed E-state index contributed by atoms with van der Waals surface area (Å²) in [7, 11) is 0. The lowest BCUT2D eigenvalue weighted by Gasteiger charge is -2.18. The first-order valence-corrected chi connectivity index (χ1v) is 34.9. The van der Waals surface area contributed by atoms with Gasteiger partial charge in [0, 0.05) is 19.3 Å². The quantitative estimate of drug-likeness (QED) is 0.0261. The Hall–Kier alpha value is -3.93. The van der Waals surface area contributed by atoms with Gasteiger partial charge in [0.2, 0.25) is 0 Å². The number of hydrogen-bond donors (Lipinski definition) is 0. The normalized spacial score (nSPS) is 12.8. The smallest absolute Gasteiger partial charge is 0.306 e. The van der Waals surface area contributed by atoms with Gasteiger partial charge in [-0.05, 0) is 128 Å². The fourth-order valence-corrected chi connectivity index (χ4v) is 9.77. The molecule has 0 aromatic carbocycles. The van der Waals surface area contributed by atoms with Crippen LogP contribution in [0.4, 0.5) is 0 Å². The molecule has 0 saturated heterocycles. The van der Waals surface area contributed by atoms with Crippen LogP contribution >= 0.6 is 0 Å². The van der Waals surface area contributed by atoms with Gasteiger partial charge in [0.05, 0.1) is 0 Å². The van der Waals surface area contributed by atoms with E-state index in [-0.39, 0.29) is 31.1 Å². The van der Waals surface area contributed by atoms with E-state index < -0.39 is 6.10 Å². The summed E-state index contributed by atoms with van der Waals surface area (Å²) in [6.45, 7) is 6.52. The Morgan fingerprint density at radius 3 is 0.756 bits per heavy atom. The van der Waals surface area contributed by atoms with Crippen LogP contribution in [0.5, 0.6) is 0 Å². The summed E-state index contributed by atoms with van der Waals surface area (Å²) < 4.78 is 17.0. The van der Waals surface area contributed by atoms with Crippen molar-refractivity contribution in [3.05, 3.63) is 109 Å². The van der Waals surface area contributed by atoms with E-state index in [4.69, 9.17) is 14.2 Å². The average molecular weight is 1140 g/mol. The molecule has 0 bridgehead atoms. The third kappa shape index (κ3) is 66.9. The van der Waals surface area contributed by atoms with E-state index in [0.29, 0.717) is 19.3 Å². The first-order chi connectivity index (χ1) is 40.5. The zero-order chi connectivity index (χ0) is 59.2. The highest BCUT2D eigenvalue weighted by atomic mass is 16.6. The molecule has 6 nitrogen and oxygen atoms in total. The molecular formula is C76H130O6. The second kappa shape index (κ2) is 69.6. The predicted molar refractivity (Wildman–Crippen MR) is 357 cm³/mol. The molecule has 0 heterocycles. The Labute approximate surface area is 508 Å². The van der Waals surface area contributed by atoms with Gasteiger partial charge in [0.15, 0.2) is 6.10 Å². The summed E-state index contributed by atoms with van der Waals surface area (Å²) in [5.41, 5.74) is 0. The highest BCUT2D eigenvalue weighted by Crippen LogP contribution is 2.16. The summed E-state index contributed by atoms with van der Waals surface area (Å²) in [4.78, 5) is 38.4. The minimum Gasteiger partial charge on any atom is -0.462 e. The lowest BCUT2D eigenvalue weighted by Crippen LogP contribution is -2.30. The molecule has 0 spiro atoms. The minimum atomic E-state index is -0.791. The Balaban J connectivity index is 4.32. The standard InChI is InChI=1S/C76H130O6/c1-4-7-10-13-16-19-22-25-28-30-32-34-35-36-37-38-39-40-41-43-44-46-48-51-54-57-60-63-66-69-75(78)81-72-73(71-80-74(77)68-65-62-59-56-53-50-27-24-21-18-15-12-9-6-3)82-76(79)70-67-64-61-58-55-52-49-47-45-42-33-31-29-26-23-20-17-14-11-8-5-2/h7,10,16,19,23-28,31-34,36-37,45,47,73H,4-6,8-9,11-15,17-18,20-22,29-30,35,38-44,46,48-72H2,1-3H3/b10-7-,19-16-,26-23-,27-24-,28-25-,33-31-,34-32-,37-36-,47-45-. The third-order valence-corrected chi connectivity index (χ3v) is 15.0. The number of allylic oxidation sites excluding steroid dienone is 18. The van der Waals surface area contributed by atoms with Gasteiger partial charge in [-0.25, -0.2) is 0 Å². The fraction of sp³-hybridized carbons (Fsp3) is 0.724. The number of rotatable bonds is 63. The molecule has 0 N–H and O–H groups in total. The van der Waals surface area contributed by atoms with Gasteiger partial charge < -0.3 is 14.2 Å². The Bertz CT molecular complexity index is 1640. The number of ether oxygens (including phenoxy) is 3. The number of carbonyl (C=O) groups is 3. The molecule has 0 saturated carbocycles. The number of carbonyl (C=O) groups excluding carboxylic acids is 3. The molecule has 0 amide bonds. The van der Waals surface area contributed by atoms with E-state index in [0.717, 1.165) is 122 Å². The predicted octanol–water partition coefficient (Wildman–Crippen LogP) is 24.2. The molecule has 0 aromatic heterocycles. The first kappa shape index (κ1) is 78.1. The van der Waals surface area contributed by atoms with Gasteiger partial charge in [-0.15, -0.1) is 0 Å². The summed E-state index contributed by atoms with van der Waals surface area (Å²) in [6, 6.07) is 0. The highest BCUT2D eigenvalue weighted by Gasteiger charge is 2.19. The van der Waals surface area contributed by atoms with Crippen LogP contribution in [-0.2, 0) is 28.6 Å². The van der Waals surface area contributed by atoms with Gasteiger partial charge in [0.25, 0.3) is 0 Å². The molecule has 6 heteroatoms. The zero-order valence-corrected chi connectivity index (χ0v) is 54.0. The van der Waals surface area contributed by atoms with E-state index in [1.807, 2.05) is 0 Å². The molecule has 0 fully saturated rings. The summed E-state index contributed by atoms with van der Waals surface area (Å²) in [5, 5.41) is 0. The van der Waals surface area contributed by atoms with E-state index in [1.54, 1.807) is 0 Å². The van der Waals surface area contributed by atoms with Crippen LogP contribution in [0.1, 0.15) is 335 Å². The van der Waals surface area contributed by atoms with Crippen molar-refractivity contribution in [3.63, 3.8) is 0 Å². The van der Waals surface area contributed by atoms with Crippen molar-refractivity contribution in [2.24, 2.45) is 0 Å². The summed E-state index contributed by atoms with van der Waals surface area (Å²) in [5.74, 6) is -0.896. The van der Waals surface area contributed by atoms with Crippen LogP contribution in [0.3, 0.4) is 0 Å². The minimum absolute atomic E-state index is 0.0857. The van der Waals surface area contributed by atoms with E-state index in [9.17, 15) is 14.4 Å². The van der Waals surface area contributed by atoms with Gasteiger partial charge in [-0.2, -0.15) is 0 Å². The molecule has 470 valence electrons. The Morgan fingerprint density at radius 1 is 0.256 bits per heavy atom. The van der Waals surface area contributed by atoms with Crippen LogP contribution in [0, 0.1) is 0 Å². The lowest BCUT2D eigenvalue weighted by atomic mass is 10.0. The molecule has 0 aromatic rings. The first-order valence-electron chi connectivity index (χ1n) is 34.9. The van der Waals surface area contributed by atoms with Gasteiger partial charge in [0.1, 0.15) is 13.2 Å². The molecule has 1 atom stereocenters. The van der Waals surface area contributed by atoms with Gasteiger partial charge >= 0.3 is 17.9 Å². The van der Waals surface area contributed by atoms with Crippen molar-refractivity contribution >= 4 is 17.9 Å².